The zero-order chi connectivity index (χ0) is 12.3. The fraction of sp³-hybridized carbons (Fsp3) is 0. The molecule has 86 valence electrons. The van der Waals surface area contributed by atoms with Crippen LogP contribution in [0.4, 0.5) is 5.82 Å². The molecule has 1 aromatic carbocycles. The molecule has 0 saturated carbocycles. The number of pyridine rings is 1. The van der Waals surface area contributed by atoms with Crippen LogP contribution in [0, 0.1) is 0 Å². The lowest BCUT2D eigenvalue weighted by molar-refractivity contribution is 0.102. The Morgan fingerprint density at radius 1 is 1.24 bits per heavy atom. The summed E-state index contributed by atoms with van der Waals surface area (Å²) in [5.41, 5.74) is 0.538. The summed E-state index contributed by atoms with van der Waals surface area (Å²) in [4.78, 5) is 15.9. The topological polar surface area (TPSA) is 42.0 Å². The third-order valence-corrected chi connectivity index (χ3v) is 2.82. The van der Waals surface area contributed by atoms with Crippen molar-refractivity contribution in [2.24, 2.45) is 0 Å². The summed E-state index contributed by atoms with van der Waals surface area (Å²) in [5, 5.41) is 3.29. The van der Waals surface area contributed by atoms with Gasteiger partial charge in [0.05, 0.1) is 0 Å². The van der Waals surface area contributed by atoms with Crippen molar-refractivity contribution >= 4 is 39.3 Å². The summed E-state index contributed by atoms with van der Waals surface area (Å²) in [6, 6.07) is 10.2. The highest BCUT2D eigenvalue weighted by Gasteiger charge is 2.06. The second kappa shape index (κ2) is 5.29. The maximum atomic E-state index is 11.8. The highest BCUT2D eigenvalue weighted by Crippen LogP contribution is 2.14. The molecule has 0 unspecified atom stereocenters. The molecule has 0 atom stereocenters. The number of hydrogen-bond acceptors (Lipinski definition) is 2. The Kier molecular flexibility index (Phi) is 3.76. The molecule has 0 saturated heterocycles. The molecule has 17 heavy (non-hydrogen) atoms. The Morgan fingerprint density at radius 2 is 1.94 bits per heavy atom. The van der Waals surface area contributed by atoms with Gasteiger partial charge in [0.15, 0.2) is 0 Å². The van der Waals surface area contributed by atoms with Crippen LogP contribution in [0.5, 0.6) is 0 Å². The van der Waals surface area contributed by atoms with Gasteiger partial charge < -0.3 is 5.32 Å². The molecule has 0 aliphatic heterocycles. The summed E-state index contributed by atoms with van der Waals surface area (Å²) < 4.78 is 0.860. The quantitative estimate of drug-likeness (QED) is 0.918. The number of amides is 1. The molecular formula is C12H8BrClN2O. The Hall–Kier alpha value is -1.39. The van der Waals surface area contributed by atoms with Crippen LogP contribution in [0.15, 0.2) is 47.1 Å². The van der Waals surface area contributed by atoms with Gasteiger partial charge in [-0.15, -0.1) is 0 Å². The van der Waals surface area contributed by atoms with E-state index in [9.17, 15) is 4.79 Å². The zero-order valence-corrected chi connectivity index (χ0v) is 11.0. The second-order valence-electron chi connectivity index (χ2n) is 3.32. The monoisotopic (exact) mass is 310 g/mol. The number of halogens is 2. The lowest BCUT2D eigenvalue weighted by Gasteiger charge is -2.04. The molecule has 3 nitrogen and oxygen atoms in total. The number of hydrogen-bond donors (Lipinski definition) is 1. The molecule has 5 heteroatoms. The van der Waals surface area contributed by atoms with Crippen LogP contribution in [0.1, 0.15) is 10.4 Å². The van der Waals surface area contributed by atoms with Crippen LogP contribution in [-0.2, 0) is 0 Å². The first-order valence-corrected chi connectivity index (χ1v) is 6.01. The first-order valence-electron chi connectivity index (χ1n) is 4.83. The van der Waals surface area contributed by atoms with Crippen LogP contribution < -0.4 is 5.32 Å². The van der Waals surface area contributed by atoms with Crippen LogP contribution >= 0.6 is 27.5 Å². The molecule has 2 aromatic rings. The van der Waals surface area contributed by atoms with Gasteiger partial charge in [-0.1, -0.05) is 27.5 Å². The molecule has 0 aliphatic carbocycles. The lowest BCUT2D eigenvalue weighted by Crippen LogP contribution is -2.12. The van der Waals surface area contributed by atoms with Crippen molar-refractivity contribution in [3.63, 3.8) is 0 Å². The van der Waals surface area contributed by atoms with Gasteiger partial charge in [0, 0.05) is 21.3 Å². The van der Waals surface area contributed by atoms with Crippen molar-refractivity contribution in [2.45, 2.75) is 0 Å². The molecular weight excluding hydrogens is 304 g/mol. The van der Waals surface area contributed by atoms with Crippen molar-refractivity contribution in [3.05, 3.63) is 57.7 Å². The van der Waals surface area contributed by atoms with Gasteiger partial charge in [0.25, 0.3) is 5.91 Å². The van der Waals surface area contributed by atoms with Crippen LogP contribution in [-0.4, -0.2) is 10.9 Å². The number of anilines is 1. The van der Waals surface area contributed by atoms with E-state index in [0.29, 0.717) is 16.4 Å². The summed E-state index contributed by atoms with van der Waals surface area (Å²) in [6.45, 7) is 0. The van der Waals surface area contributed by atoms with Gasteiger partial charge >= 0.3 is 0 Å². The van der Waals surface area contributed by atoms with E-state index in [1.54, 1.807) is 42.6 Å². The van der Waals surface area contributed by atoms with E-state index >= 15 is 0 Å². The molecule has 2 rings (SSSR count). The first-order chi connectivity index (χ1) is 8.15. The molecule has 1 aromatic heterocycles. The fourth-order valence-electron chi connectivity index (χ4n) is 1.26. The zero-order valence-electron chi connectivity index (χ0n) is 8.65. The largest absolute Gasteiger partial charge is 0.307 e. The number of rotatable bonds is 2. The van der Waals surface area contributed by atoms with Crippen LogP contribution in [0.2, 0.25) is 5.02 Å². The standard InChI is InChI=1S/C12H8BrClN2O/c13-9-5-6-15-11(7-9)16-12(17)8-1-3-10(14)4-2-8/h1-7H,(H,15,16,17). The second-order valence-corrected chi connectivity index (χ2v) is 4.67. The average Bonchev–Trinajstić information content (AvgIpc) is 2.29. The van der Waals surface area contributed by atoms with E-state index in [1.165, 1.54) is 0 Å². The Bertz CT molecular complexity index is 542. The van der Waals surface area contributed by atoms with E-state index in [-0.39, 0.29) is 5.91 Å². The van der Waals surface area contributed by atoms with Gasteiger partial charge in [0.1, 0.15) is 5.82 Å². The highest BCUT2D eigenvalue weighted by molar-refractivity contribution is 9.10. The molecule has 0 fully saturated rings. The number of nitrogens with zero attached hydrogens (tertiary/aromatic N) is 1. The third kappa shape index (κ3) is 3.28. The normalized spacial score (nSPS) is 10.0. The van der Waals surface area contributed by atoms with Crippen LogP contribution in [0.3, 0.4) is 0 Å². The van der Waals surface area contributed by atoms with Crippen molar-refractivity contribution < 1.29 is 4.79 Å². The minimum absolute atomic E-state index is 0.215. The number of carbonyl (C=O) groups excluding carboxylic acids is 1. The number of aromatic nitrogens is 1. The molecule has 0 aliphatic rings. The predicted octanol–water partition coefficient (Wildman–Crippen LogP) is 3.75. The summed E-state index contributed by atoms with van der Waals surface area (Å²) in [7, 11) is 0. The maximum absolute atomic E-state index is 11.8. The van der Waals surface area contributed by atoms with E-state index in [0.717, 1.165) is 4.47 Å². The molecule has 0 bridgehead atoms. The Morgan fingerprint density at radius 3 is 2.59 bits per heavy atom. The SMILES string of the molecule is O=C(Nc1cc(Br)ccn1)c1ccc(Cl)cc1. The van der Waals surface area contributed by atoms with Gasteiger partial charge in [0.2, 0.25) is 0 Å². The highest BCUT2D eigenvalue weighted by atomic mass is 79.9. The fourth-order valence-corrected chi connectivity index (χ4v) is 1.72. The first kappa shape index (κ1) is 12.1. The van der Waals surface area contributed by atoms with Gasteiger partial charge in [-0.25, -0.2) is 4.98 Å². The van der Waals surface area contributed by atoms with Gasteiger partial charge in [-0.3, -0.25) is 4.79 Å². The lowest BCUT2D eigenvalue weighted by atomic mass is 10.2. The molecule has 1 heterocycles. The maximum Gasteiger partial charge on any atom is 0.256 e. The smallest absolute Gasteiger partial charge is 0.256 e. The number of carbonyl (C=O) groups is 1. The van der Waals surface area contributed by atoms with E-state index in [4.69, 9.17) is 11.6 Å². The number of benzene rings is 1. The van der Waals surface area contributed by atoms with E-state index < -0.39 is 0 Å². The third-order valence-electron chi connectivity index (χ3n) is 2.07. The van der Waals surface area contributed by atoms with E-state index in [1.807, 2.05) is 0 Å². The van der Waals surface area contributed by atoms with Gasteiger partial charge in [-0.2, -0.15) is 0 Å². The Labute approximate surface area is 112 Å². The minimum atomic E-state index is -0.215. The average molecular weight is 312 g/mol. The Balaban J connectivity index is 2.14. The van der Waals surface area contributed by atoms with Crippen LogP contribution in [0.25, 0.3) is 0 Å². The summed E-state index contributed by atoms with van der Waals surface area (Å²) in [6.07, 6.45) is 1.61. The molecule has 1 amide bonds. The van der Waals surface area contributed by atoms with Crippen molar-refractivity contribution in [1.29, 1.82) is 0 Å². The molecule has 0 spiro atoms. The molecule has 1 N–H and O–H groups in total. The minimum Gasteiger partial charge on any atom is -0.307 e. The summed E-state index contributed by atoms with van der Waals surface area (Å²) >= 11 is 9.06. The van der Waals surface area contributed by atoms with Crippen molar-refractivity contribution in [2.75, 3.05) is 5.32 Å². The van der Waals surface area contributed by atoms with Gasteiger partial charge in [-0.05, 0) is 36.4 Å². The predicted molar refractivity (Wildman–Crippen MR) is 71.3 cm³/mol. The van der Waals surface area contributed by atoms with E-state index in [2.05, 4.69) is 26.2 Å². The van der Waals surface area contributed by atoms with Crippen molar-refractivity contribution in [1.82, 2.24) is 4.98 Å². The van der Waals surface area contributed by atoms with Crippen molar-refractivity contribution in [3.8, 4) is 0 Å². The summed E-state index contributed by atoms with van der Waals surface area (Å²) in [5.74, 6) is 0.284. The number of nitrogens with one attached hydrogen (secondary N) is 1. The molecule has 0 radical (unpaired) electrons.